The first-order valence-corrected chi connectivity index (χ1v) is 4.11. The molecule has 0 bridgehead atoms. The molecule has 2 atom stereocenters. The summed E-state index contributed by atoms with van der Waals surface area (Å²) in [5.41, 5.74) is 5.71. The zero-order valence-electron chi connectivity index (χ0n) is 8.20. The molecule has 0 heterocycles. The summed E-state index contributed by atoms with van der Waals surface area (Å²) in [6.07, 6.45) is 0.796. The number of hydroxylamine groups is 2. The first kappa shape index (κ1) is 11.4. The van der Waals surface area contributed by atoms with E-state index in [1.807, 2.05) is 13.8 Å². The SMILES string of the molecule is CC[C@H](N)[C@@H](C)C(=O)N(C)OC. The van der Waals surface area contributed by atoms with Crippen molar-refractivity contribution in [2.75, 3.05) is 14.2 Å². The van der Waals surface area contributed by atoms with Crippen molar-refractivity contribution in [3.8, 4) is 0 Å². The van der Waals surface area contributed by atoms with Gasteiger partial charge in [-0.3, -0.25) is 9.63 Å². The van der Waals surface area contributed by atoms with Crippen LogP contribution >= 0.6 is 0 Å². The van der Waals surface area contributed by atoms with Crippen molar-refractivity contribution in [2.45, 2.75) is 26.3 Å². The van der Waals surface area contributed by atoms with Crippen LogP contribution in [-0.4, -0.2) is 31.2 Å². The highest BCUT2D eigenvalue weighted by molar-refractivity contribution is 5.77. The van der Waals surface area contributed by atoms with Gasteiger partial charge in [0.1, 0.15) is 0 Å². The molecule has 0 aromatic rings. The van der Waals surface area contributed by atoms with E-state index in [1.54, 1.807) is 7.05 Å². The highest BCUT2D eigenvalue weighted by Crippen LogP contribution is 2.07. The summed E-state index contributed by atoms with van der Waals surface area (Å²) in [6, 6.07) is -0.0879. The van der Waals surface area contributed by atoms with E-state index in [-0.39, 0.29) is 17.9 Å². The lowest BCUT2D eigenvalue weighted by atomic mass is 10.00. The van der Waals surface area contributed by atoms with Gasteiger partial charge in [0.15, 0.2) is 0 Å². The quantitative estimate of drug-likeness (QED) is 0.627. The van der Waals surface area contributed by atoms with Crippen LogP contribution in [0.25, 0.3) is 0 Å². The van der Waals surface area contributed by atoms with Gasteiger partial charge >= 0.3 is 0 Å². The second-order valence-corrected chi connectivity index (χ2v) is 2.88. The van der Waals surface area contributed by atoms with Crippen LogP contribution in [0.15, 0.2) is 0 Å². The molecule has 12 heavy (non-hydrogen) atoms. The molecule has 72 valence electrons. The number of hydrogen-bond acceptors (Lipinski definition) is 3. The average molecular weight is 174 g/mol. The number of carbonyl (C=O) groups excluding carboxylic acids is 1. The molecule has 2 N–H and O–H groups in total. The third-order valence-electron chi connectivity index (χ3n) is 2.09. The largest absolute Gasteiger partial charge is 0.327 e. The fourth-order valence-electron chi connectivity index (χ4n) is 0.913. The molecule has 1 amide bonds. The fraction of sp³-hybridized carbons (Fsp3) is 0.875. The van der Waals surface area contributed by atoms with Gasteiger partial charge in [-0.05, 0) is 6.42 Å². The van der Waals surface area contributed by atoms with E-state index < -0.39 is 0 Å². The van der Waals surface area contributed by atoms with Gasteiger partial charge < -0.3 is 5.73 Å². The molecule has 0 radical (unpaired) electrons. The van der Waals surface area contributed by atoms with Crippen LogP contribution in [-0.2, 0) is 9.63 Å². The maximum absolute atomic E-state index is 11.4. The van der Waals surface area contributed by atoms with Crippen molar-refractivity contribution in [2.24, 2.45) is 11.7 Å². The smallest absolute Gasteiger partial charge is 0.250 e. The van der Waals surface area contributed by atoms with E-state index in [1.165, 1.54) is 12.2 Å². The molecular formula is C8H18N2O2. The van der Waals surface area contributed by atoms with Gasteiger partial charge in [-0.2, -0.15) is 0 Å². The monoisotopic (exact) mass is 174 g/mol. The summed E-state index contributed by atoms with van der Waals surface area (Å²) in [5.74, 6) is -0.258. The molecule has 0 aromatic heterocycles. The van der Waals surface area contributed by atoms with Crippen LogP contribution in [0.1, 0.15) is 20.3 Å². The molecule has 0 spiro atoms. The molecular weight excluding hydrogens is 156 g/mol. The highest BCUT2D eigenvalue weighted by atomic mass is 16.7. The predicted octanol–water partition coefficient (Wildman–Crippen LogP) is 0.380. The maximum atomic E-state index is 11.4. The van der Waals surface area contributed by atoms with Crippen molar-refractivity contribution in [1.82, 2.24) is 5.06 Å². The average Bonchev–Trinajstić information content (AvgIpc) is 2.12. The number of hydrogen-bond donors (Lipinski definition) is 1. The molecule has 0 saturated heterocycles. The van der Waals surface area contributed by atoms with E-state index in [9.17, 15) is 4.79 Å². The zero-order chi connectivity index (χ0) is 9.72. The van der Waals surface area contributed by atoms with Crippen molar-refractivity contribution in [3.05, 3.63) is 0 Å². The summed E-state index contributed by atoms with van der Waals surface area (Å²) >= 11 is 0. The van der Waals surface area contributed by atoms with Gasteiger partial charge in [0.05, 0.1) is 13.0 Å². The molecule has 0 unspecified atom stereocenters. The fourth-order valence-corrected chi connectivity index (χ4v) is 0.913. The minimum atomic E-state index is -0.181. The van der Waals surface area contributed by atoms with E-state index in [0.717, 1.165) is 6.42 Å². The third-order valence-corrected chi connectivity index (χ3v) is 2.09. The first-order valence-electron chi connectivity index (χ1n) is 4.11. The molecule has 0 rings (SSSR count). The lowest BCUT2D eigenvalue weighted by Gasteiger charge is -2.22. The van der Waals surface area contributed by atoms with Crippen LogP contribution in [0.4, 0.5) is 0 Å². The van der Waals surface area contributed by atoms with Gasteiger partial charge in [0, 0.05) is 13.1 Å². The Labute approximate surface area is 73.6 Å². The second kappa shape index (κ2) is 5.11. The first-order chi connectivity index (χ1) is 5.54. The topological polar surface area (TPSA) is 55.6 Å². The molecule has 0 aliphatic heterocycles. The molecule has 0 saturated carbocycles. The van der Waals surface area contributed by atoms with E-state index in [2.05, 4.69) is 0 Å². The van der Waals surface area contributed by atoms with E-state index >= 15 is 0 Å². The Hall–Kier alpha value is -0.610. The van der Waals surface area contributed by atoms with Crippen molar-refractivity contribution >= 4 is 5.91 Å². The minimum absolute atomic E-state index is 0.0770. The number of amides is 1. The number of nitrogens with two attached hydrogens (primary N) is 1. The summed E-state index contributed by atoms with van der Waals surface area (Å²) in [4.78, 5) is 16.2. The Morgan fingerprint density at radius 3 is 2.50 bits per heavy atom. The van der Waals surface area contributed by atoms with E-state index in [0.29, 0.717) is 0 Å². The lowest BCUT2D eigenvalue weighted by molar-refractivity contribution is -0.173. The van der Waals surface area contributed by atoms with Gasteiger partial charge in [-0.1, -0.05) is 13.8 Å². The normalized spacial score (nSPS) is 15.4. The van der Waals surface area contributed by atoms with Gasteiger partial charge in [0.2, 0.25) is 5.91 Å². The summed E-state index contributed by atoms with van der Waals surface area (Å²) in [7, 11) is 3.04. The van der Waals surface area contributed by atoms with Gasteiger partial charge in [-0.15, -0.1) is 0 Å². The maximum Gasteiger partial charge on any atom is 0.250 e. The van der Waals surface area contributed by atoms with Crippen LogP contribution in [0.5, 0.6) is 0 Å². The Bertz CT molecular complexity index is 150. The zero-order valence-corrected chi connectivity index (χ0v) is 8.20. The van der Waals surface area contributed by atoms with Crippen LogP contribution in [0, 0.1) is 5.92 Å². The summed E-state index contributed by atoms with van der Waals surface area (Å²) < 4.78 is 0. The Kier molecular flexibility index (Phi) is 4.85. The van der Waals surface area contributed by atoms with E-state index in [4.69, 9.17) is 10.6 Å². The molecule has 0 aliphatic carbocycles. The minimum Gasteiger partial charge on any atom is -0.327 e. The summed E-state index contributed by atoms with van der Waals surface area (Å²) in [5, 5.41) is 1.21. The Morgan fingerprint density at radius 2 is 2.17 bits per heavy atom. The predicted molar refractivity (Wildman–Crippen MR) is 47.2 cm³/mol. The lowest BCUT2D eigenvalue weighted by Crippen LogP contribution is -2.40. The number of carbonyl (C=O) groups is 1. The van der Waals surface area contributed by atoms with Crippen molar-refractivity contribution in [3.63, 3.8) is 0 Å². The van der Waals surface area contributed by atoms with Crippen LogP contribution < -0.4 is 5.73 Å². The standard InChI is InChI=1S/C8H18N2O2/c1-5-7(9)6(2)8(11)10(3)12-4/h6-7H,5,9H2,1-4H3/t6-,7+/m1/s1. The number of nitrogens with zero attached hydrogens (tertiary/aromatic N) is 1. The van der Waals surface area contributed by atoms with Crippen molar-refractivity contribution < 1.29 is 9.63 Å². The Morgan fingerprint density at radius 1 is 1.67 bits per heavy atom. The second-order valence-electron chi connectivity index (χ2n) is 2.88. The molecule has 0 aromatic carbocycles. The number of rotatable bonds is 4. The molecule has 0 aliphatic rings. The molecule has 4 heteroatoms. The summed E-state index contributed by atoms with van der Waals surface area (Å²) in [6.45, 7) is 3.77. The van der Waals surface area contributed by atoms with Crippen LogP contribution in [0.3, 0.4) is 0 Å². The van der Waals surface area contributed by atoms with Gasteiger partial charge in [-0.25, -0.2) is 5.06 Å². The van der Waals surface area contributed by atoms with Gasteiger partial charge in [0.25, 0.3) is 0 Å². The Balaban J connectivity index is 4.09. The van der Waals surface area contributed by atoms with Crippen LogP contribution in [0.2, 0.25) is 0 Å². The highest BCUT2D eigenvalue weighted by Gasteiger charge is 2.22. The third kappa shape index (κ3) is 2.79. The van der Waals surface area contributed by atoms with Crippen molar-refractivity contribution in [1.29, 1.82) is 0 Å². The molecule has 4 nitrogen and oxygen atoms in total. The molecule has 0 fully saturated rings.